The molecule has 3 nitrogen and oxygen atoms in total. The molecule has 1 aliphatic heterocycles. The molecule has 1 aromatic rings. The van der Waals surface area contributed by atoms with Crippen molar-refractivity contribution in [2.45, 2.75) is 25.4 Å². The number of alkyl halides is 3. The van der Waals surface area contributed by atoms with E-state index in [9.17, 15) is 13.2 Å². The van der Waals surface area contributed by atoms with E-state index in [1.54, 1.807) is 18.2 Å². The third kappa shape index (κ3) is 4.54. The van der Waals surface area contributed by atoms with Gasteiger partial charge in [0, 0.05) is 31.1 Å². The highest BCUT2D eigenvalue weighted by Gasteiger charge is 2.25. The summed E-state index contributed by atoms with van der Waals surface area (Å²) in [4.78, 5) is 0. The Balaban J connectivity index is 1.86. The van der Waals surface area contributed by atoms with Crippen molar-refractivity contribution in [3.8, 4) is 11.5 Å². The predicted octanol–water partition coefficient (Wildman–Crippen LogP) is 3.60. The van der Waals surface area contributed by atoms with Crippen LogP contribution in [0, 0.1) is 0 Å². The van der Waals surface area contributed by atoms with Crippen molar-refractivity contribution < 1.29 is 22.6 Å². The third-order valence-corrected chi connectivity index (χ3v) is 2.71. The summed E-state index contributed by atoms with van der Waals surface area (Å²) in [5, 5.41) is 2.95. The Morgan fingerprint density at radius 3 is 2.58 bits per heavy atom. The molecule has 0 saturated carbocycles. The van der Waals surface area contributed by atoms with Crippen molar-refractivity contribution >= 4 is 5.69 Å². The molecule has 2 rings (SSSR count). The molecule has 19 heavy (non-hydrogen) atoms. The number of rotatable bonds is 4. The van der Waals surface area contributed by atoms with Gasteiger partial charge in [0.15, 0.2) is 11.5 Å². The van der Waals surface area contributed by atoms with E-state index in [0.29, 0.717) is 24.7 Å². The van der Waals surface area contributed by atoms with Crippen LogP contribution in [-0.2, 0) is 0 Å². The van der Waals surface area contributed by atoms with Crippen LogP contribution in [0.5, 0.6) is 11.5 Å². The number of nitrogens with one attached hydrogen (secondary N) is 1. The summed E-state index contributed by atoms with van der Waals surface area (Å²) in [5.74, 6) is 1.32. The van der Waals surface area contributed by atoms with E-state index >= 15 is 0 Å². The van der Waals surface area contributed by atoms with Gasteiger partial charge in [-0.05, 0) is 18.6 Å². The fourth-order valence-corrected chi connectivity index (χ4v) is 1.79. The first-order valence-electron chi connectivity index (χ1n) is 6.25. The first-order valence-corrected chi connectivity index (χ1v) is 6.25. The van der Waals surface area contributed by atoms with Crippen LogP contribution in [0.2, 0.25) is 0 Å². The smallest absolute Gasteiger partial charge is 0.389 e. The lowest BCUT2D eigenvalue weighted by atomic mass is 10.2. The molecule has 0 bridgehead atoms. The molecule has 1 N–H and O–H groups in total. The van der Waals surface area contributed by atoms with E-state index in [4.69, 9.17) is 9.47 Å². The number of fused-ring (bicyclic) bond motifs is 1. The van der Waals surface area contributed by atoms with E-state index in [2.05, 4.69) is 5.32 Å². The van der Waals surface area contributed by atoms with Crippen LogP contribution < -0.4 is 14.8 Å². The molecule has 1 aromatic carbocycles. The minimum absolute atomic E-state index is 0.0535. The van der Waals surface area contributed by atoms with Gasteiger partial charge in [-0.3, -0.25) is 0 Å². The van der Waals surface area contributed by atoms with Gasteiger partial charge in [-0.2, -0.15) is 13.2 Å². The Morgan fingerprint density at radius 1 is 1.11 bits per heavy atom. The van der Waals surface area contributed by atoms with Crippen LogP contribution in [-0.4, -0.2) is 25.9 Å². The van der Waals surface area contributed by atoms with Gasteiger partial charge in [0.25, 0.3) is 0 Å². The zero-order chi connectivity index (χ0) is 13.7. The number of anilines is 1. The van der Waals surface area contributed by atoms with Crippen LogP contribution >= 0.6 is 0 Å². The molecule has 1 heterocycles. The molecule has 0 spiro atoms. The van der Waals surface area contributed by atoms with E-state index in [0.717, 1.165) is 12.1 Å². The van der Waals surface area contributed by atoms with E-state index in [1.165, 1.54) is 0 Å². The van der Waals surface area contributed by atoms with E-state index < -0.39 is 12.6 Å². The second kappa shape index (κ2) is 6.04. The zero-order valence-corrected chi connectivity index (χ0v) is 10.4. The number of hydrogen-bond donors (Lipinski definition) is 1. The SMILES string of the molecule is FC(F)(F)CCCNc1ccc2c(c1)OCCCO2. The molecule has 0 unspecified atom stereocenters. The van der Waals surface area contributed by atoms with Crippen LogP contribution in [0.15, 0.2) is 18.2 Å². The topological polar surface area (TPSA) is 30.5 Å². The van der Waals surface area contributed by atoms with Crippen molar-refractivity contribution in [3.05, 3.63) is 18.2 Å². The summed E-state index contributed by atoms with van der Waals surface area (Å²) in [6.07, 6.45) is -3.99. The minimum atomic E-state index is -4.09. The largest absolute Gasteiger partial charge is 0.490 e. The molecule has 0 saturated heterocycles. The minimum Gasteiger partial charge on any atom is -0.490 e. The lowest BCUT2D eigenvalue weighted by molar-refractivity contribution is -0.134. The fourth-order valence-electron chi connectivity index (χ4n) is 1.79. The predicted molar refractivity (Wildman–Crippen MR) is 65.8 cm³/mol. The highest BCUT2D eigenvalue weighted by Crippen LogP contribution is 2.32. The average molecular weight is 275 g/mol. The summed E-state index contributed by atoms with van der Waals surface area (Å²) in [6.45, 7) is 1.48. The lowest BCUT2D eigenvalue weighted by Crippen LogP contribution is -2.11. The van der Waals surface area contributed by atoms with E-state index in [-0.39, 0.29) is 13.0 Å². The quantitative estimate of drug-likeness (QED) is 0.852. The van der Waals surface area contributed by atoms with Gasteiger partial charge in [-0.15, -0.1) is 0 Å². The van der Waals surface area contributed by atoms with Crippen molar-refractivity contribution in [2.24, 2.45) is 0 Å². The Hall–Kier alpha value is -1.59. The first kappa shape index (κ1) is 13.8. The maximum absolute atomic E-state index is 12.0. The summed E-state index contributed by atoms with van der Waals surface area (Å²) in [5.41, 5.74) is 0.742. The normalized spacial score (nSPS) is 14.9. The molecule has 0 aromatic heterocycles. The third-order valence-electron chi connectivity index (χ3n) is 2.71. The van der Waals surface area contributed by atoms with Crippen molar-refractivity contribution in [2.75, 3.05) is 25.1 Å². The van der Waals surface area contributed by atoms with Gasteiger partial charge in [-0.25, -0.2) is 0 Å². The summed E-state index contributed by atoms with van der Waals surface area (Å²) in [7, 11) is 0. The summed E-state index contributed by atoms with van der Waals surface area (Å²) in [6, 6.07) is 5.31. The van der Waals surface area contributed by atoms with Gasteiger partial charge < -0.3 is 14.8 Å². The molecular weight excluding hydrogens is 259 g/mol. The standard InChI is InChI=1S/C13H16F3NO2/c14-13(15,16)5-1-6-17-10-3-4-11-12(9-10)19-8-2-7-18-11/h3-4,9,17H,1-2,5-8H2. The molecule has 0 radical (unpaired) electrons. The molecule has 0 atom stereocenters. The maximum Gasteiger partial charge on any atom is 0.389 e. The molecule has 106 valence electrons. The number of halogens is 3. The van der Waals surface area contributed by atoms with Gasteiger partial charge in [-0.1, -0.05) is 0 Å². The highest BCUT2D eigenvalue weighted by molar-refractivity contribution is 5.54. The summed E-state index contributed by atoms with van der Waals surface area (Å²) >= 11 is 0. The Kier molecular flexibility index (Phi) is 4.39. The molecule has 0 fully saturated rings. The monoisotopic (exact) mass is 275 g/mol. The van der Waals surface area contributed by atoms with Crippen molar-refractivity contribution in [1.29, 1.82) is 0 Å². The molecular formula is C13H16F3NO2. The average Bonchev–Trinajstić information content (AvgIpc) is 2.58. The van der Waals surface area contributed by atoms with Crippen LogP contribution in [0.3, 0.4) is 0 Å². The molecule has 0 amide bonds. The van der Waals surface area contributed by atoms with Crippen LogP contribution in [0.1, 0.15) is 19.3 Å². The van der Waals surface area contributed by atoms with Crippen molar-refractivity contribution in [1.82, 2.24) is 0 Å². The number of ether oxygens (including phenoxy) is 2. The van der Waals surface area contributed by atoms with Gasteiger partial charge >= 0.3 is 6.18 Å². The van der Waals surface area contributed by atoms with Crippen LogP contribution in [0.25, 0.3) is 0 Å². The number of hydrogen-bond acceptors (Lipinski definition) is 3. The Bertz CT molecular complexity index is 421. The van der Waals surface area contributed by atoms with Crippen molar-refractivity contribution in [3.63, 3.8) is 0 Å². The number of benzene rings is 1. The zero-order valence-electron chi connectivity index (χ0n) is 10.4. The molecule has 0 aliphatic carbocycles. The first-order chi connectivity index (χ1) is 9.04. The second-order valence-corrected chi connectivity index (χ2v) is 4.36. The fraction of sp³-hybridized carbons (Fsp3) is 0.538. The Labute approximate surface area is 109 Å². The van der Waals surface area contributed by atoms with Gasteiger partial charge in [0.05, 0.1) is 13.2 Å². The van der Waals surface area contributed by atoms with Gasteiger partial charge in [0.1, 0.15) is 0 Å². The summed E-state index contributed by atoms with van der Waals surface area (Å²) < 4.78 is 46.9. The van der Waals surface area contributed by atoms with E-state index in [1.807, 2.05) is 0 Å². The molecule has 1 aliphatic rings. The van der Waals surface area contributed by atoms with Crippen LogP contribution in [0.4, 0.5) is 18.9 Å². The van der Waals surface area contributed by atoms with Gasteiger partial charge in [0.2, 0.25) is 0 Å². The maximum atomic E-state index is 12.0. The highest BCUT2D eigenvalue weighted by atomic mass is 19.4. The molecule has 6 heteroatoms. The Morgan fingerprint density at radius 2 is 1.84 bits per heavy atom. The second-order valence-electron chi connectivity index (χ2n) is 4.36. The lowest BCUT2D eigenvalue weighted by Gasteiger charge is -2.11.